The second-order valence-electron chi connectivity index (χ2n) is 5.61. The predicted molar refractivity (Wildman–Crippen MR) is 77.2 cm³/mol. The second-order valence-corrected chi connectivity index (χ2v) is 7.91. The molecule has 1 saturated heterocycles. The Balaban J connectivity index is 1.93. The van der Waals surface area contributed by atoms with E-state index in [0.29, 0.717) is 19.4 Å². The first-order valence-corrected chi connectivity index (χ1v) is 8.65. The molecule has 3 rings (SSSR count). The van der Waals surface area contributed by atoms with Crippen LogP contribution in [0.15, 0.2) is 24.3 Å². The molecular weight excluding hydrogens is 260 g/mol. The van der Waals surface area contributed by atoms with Gasteiger partial charge in [0.1, 0.15) is 0 Å². The van der Waals surface area contributed by atoms with Gasteiger partial charge in [0.25, 0.3) is 0 Å². The molecule has 0 saturated carbocycles. The van der Waals surface area contributed by atoms with Gasteiger partial charge in [-0.25, -0.2) is 8.42 Å². The summed E-state index contributed by atoms with van der Waals surface area (Å²) in [6.07, 6.45) is 2.34. The molecule has 2 aliphatic heterocycles. The minimum absolute atomic E-state index is 0.169. The van der Waals surface area contributed by atoms with Crippen LogP contribution in [0, 0.1) is 0 Å². The Morgan fingerprint density at radius 1 is 1.21 bits per heavy atom. The molecule has 1 fully saturated rings. The van der Waals surface area contributed by atoms with Crippen LogP contribution in [0.25, 0.3) is 0 Å². The highest BCUT2D eigenvalue weighted by molar-refractivity contribution is 7.91. The van der Waals surface area contributed by atoms with E-state index < -0.39 is 9.84 Å². The van der Waals surface area contributed by atoms with Crippen molar-refractivity contribution >= 4 is 15.5 Å². The molecule has 2 N–H and O–H groups in total. The average Bonchev–Trinajstić information content (AvgIpc) is 2.84. The van der Waals surface area contributed by atoms with Crippen LogP contribution < -0.4 is 10.6 Å². The summed E-state index contributed by atoms with van der Waals surface area (Å²) in [5.74, 6) is 0.533. The summed E-state index contributed by atoms with van der Waals surface area (Å²) in [7, 11) is -2.85. The highest BCUT2D eigenvalue weighted by Gasteiger charge is 2.43. The van der Waals surface area contributed by atoms with Gasteiger partial charge in [-0.2, -0.15) is 0 Å². The molecule has 0 aromatic heterocycles. The zero-order valence-electron chi connectivity index (χ0n) is 11.0. The van der Waals surface area contributed by atoms with Gasteiger partial charge in [0.2, 0.25) is 0 Å². The van der Waals surface area contributed by atoms with Gasteiger partial charge in [-0.3, -0.25) is 0 Å². The van der Waals surface area contributed by atoms with Crippen LogP contribution in [0.1, 0.15) is 18.4 Å². The van der Waals surface area contributed by atoms with Gasteiger partial charge < -0.3 is 10.6 Å². The van der Waals surface area contributed by atoms with E-state index >= 15 is 0 Å². The number of hydrogen-bond donors (Lipinski definition) is 1. The van der Waals surface area contributed by atoms with Crippen molar-refractivity contribution in [3.63, 3.8) is 0 Å². The van der Waals surface area contributed by atoms with Crippen LogP contribution in [0.2, 0.25) is 0 Å². The fourth-order valence-electron chi connectivity index (χ4n) is 3.33. The van der Waals surface area contributed by atoms with Gasteiger partial charge >= 0.3 is 0 Å². The van der Waals surface area contributed by atoms with E-state index in [1.54, 1.807) is 0 Å². The smallest absolute Gasteiger partial charge is 0.150 e. The van der Waals surface area contributed by atoms with Crippen molar-refractivity contribution in [1.29, 1.82) is 0 Å². The number of anilines is 1. The molecule has 0 aliphatic carbocycles. The maximum Gasteiger partial charge on any atom is 0.150 e. The van der Waals surface area contributed by atoms with Crippen LogP contribution in [-0.4, -0.2) is 38.6 Å². The van der Waals surface area contributed by atoms with E-state index in [9.17, 15) is 8.42 Å². The van der Waals surface area contributed by atoms with Gasteiger partial charge in [0, 0.05) is 18.8 Å². The average molecular weight is 280 g/mol. The van der Waals surface area contributed by atoms with Gasteiger partial charge in [0.15, 0.2) is 9.84 Å². The van der Waals surface area contributed by atoms with Gasteiger partial charge in [0.05, 0.1) is 17.0 Å². The fourth-order valence-corrected chi connectivity index (χ4v) is 4.92. The Hall–Kier alpha value is -1.07. The summed E-state index contributed by atoms with van der Waals surface area (Å²) in [5, 5.41) is 0. The van der Waals surface area contributed by atoms with Crippen molar-refractivity contribution in [2.75, 3.05) is 29.5 Å². The van der Waals surface area contributed by atoms with E-state index in [-0.39, 0.29) is 17.0 Å². The molecule has 1 aromatic rings. The van der Waals surface area contributed by atoms with Crippen LogP contribution in [0.5, 0.6) is 0 Å². The van der Waals surface area contributed by atoms with Gasteiger partial charge in [-0.05, 0) is 30.9 Å². The predicted octanol–water partition coefficient (Wildman–Crippen LogP) is 0.955. The number of nitrogens with zero attached hydrogens (tertiary/aromatic N) is 1. The largest absolute Gasteiger partial charge is 0.364 e. The van der Waals surface area contributed by atoms with Crippen molar-refractivity contribution < 1.29 is 8.42 Å². The first-order valence-electron chi connectivity index (χ1n) is 6.82. The Morgan fingerprint density at radius 2 is 1.89 bits per heavy atom. The normalized spacial score (nSPS) is 24.2. The summed E-state index contributed by atoms with van der Waals surface area (Å²) >= 11 is 0. The highest BCUT2D eigenvalue weighted by atomic mass is 32.2. The molecule has 19 heavy (non-hydrogen) atoms. The molecule has 0 atom stereocenters. The number of fused-ring (bicyclic) bond motifs is 1. The number of nitrogens with two attached hydrogens (primary N) is 1. The van der Waals surface area contributed by atoms with E-state index in [1.807, 2.05) is 6.07 Å². The zero-order chi connectivity index (χ0) is 13.5. The molecule has 2 heterocycles. The third kappa shape index (κ3) is 2.15. The molecule has 104 valence electrons. The van der Waals surface area contributed by atoms with Crippen LogP contribution >= 0.6 is 0 Å². The first-order chi connectivity index (χ1) is 9.06. The van der Waals surface area contributed by atoms with Crippen molar-refractivity contribution in [2.45, 2.75) is 24.8 Å². The third-order valence-corrected chi connectivity index (χ3v) is 6.25. The van der Waals surface area contributed by atoms with E-state index in [1.165, 1.54) is 11.3 Å². The SMILES string of the molecule is NCC1(N2CCc3ccccc32)CCS(=O)(=O)CC1. The molecule has 0 unspecified atom stereocenters. The topological polar surface area (TPSA) is 63.4 Å². The number of hydrogen-bond acceptors (Lipinski definition) is 4. The molecule has 0 radical (unpaired) electrons. The maximum absolute atomic E-state index is 11.7. The van der Waals surface area contributed by atoms with Crippen LogP contribution in [0.4, 0.5) is 5.69 Å². The van der Waals surface area contributed by atoms with Crippen molar-refractivity contribution in [3.05, 3.63) is 29.8 Å². The minimum atomic E-state index is -2.85. The van der Waals surface area contributed by atoms with Crippen LogP contribution in [0.3, 0.4) is 0 Å². The lowest BCUT2D eigenvalue weighted by molar-refractivity contribution is 0.363. The first kappa shape index (κ1) is 12.9. The van der Waals surface area contributed by atoms with Crippen molar-refractivity contribution in [2.24, 2.45) is 5.73 Å². The molecule has 2 aliphatic rings. The third-order valence-electron chi connectivity index (χ3n) is 4.60. The quantitative estimate of drug-likeness (QED) is 0.876. The van der Waals surface area contributed by atoms with Gasteiger partial charge in [-0.15, -0.1) is 0 Å². The Labute approximate surface area is 114 Å². The lowest BCUT2D eigenvalue weighted by Crippen LogP contribution is -2.57. The summed E-state index contributed by atoms with van der Waals surface area (Å²) < 4.78 is 23.3. The van der Waals surface area contributed by atoms with Crippen LogP contribution in [-0.2, 0) is 16.3 Å². The highest BCUT2D eigenvalue weighted by Crippen LogP contribution is 2.38. The summed E-state index contributed by atoms with van der Waals surface area (Å²) in [6, 6.07) is 8.38. The van der Waals surface area contributed by atoms with E-state index in [4.69, 9.17) is 5.73 Å². The monoisotopic (exact) mass is 280 g/mol. The fraction of sp³-hybridized carbons (Fsp3) is 0.571. The van der Waals surface area contributed by atoms with Crippen molar-refractivity contribution in [3.8, 4) is 0 Å². The number of sulfone groups is 1. The second kappa shape index (κ2) is 4.49. The summed E-state index contributed by atoms with van der Waals surface area (Å²) in [4.78, 5) is 2.36. The maximum atomic E-state index is 11.7. The molecule has 0 bridgehead atoms. The Kier molecular flexibility index (Phi) is 3.06. The molecule has 4 nitrogen and oxygen atoms in total. The van der Waals surface area contributed by atoms with E-state index in [0.717, 1.165) is 13.0 Å². The Morgan fingerprint density at radius 3 is 2.58 bits per heavy atom. The minimum Gasteiger partial charge on any atom is -0.364 e. The summed E-state index contributed by atoms with van der Waals surface area (Å²) in [6.45, 7) is 1.48. The van der Waals surface area contributed by atoms with Gasteiger partial charge in [-0.1, -0.05) is 18.2 Å². The lowest BCUT2D eigenvalue weighted by atomic mass is 9.90. The Bertz CT molecular complexity index is 569. The molecular formula is C14H20N2O2S. The number of para-hydroxylation sites is 1. The lowest BCUT2D eigenvalue weighted by Gasteiger charge is -2.45. The van der Waals surface area contributed by atoms with Crippen molar-refractivity contribution in [1.82, 2.24) is 0 Å². The zero-order valence-corrected chi connectivity index (χ0v) is 11.8. The molecule has 0 spiro atoms. The molecule has 0 amide bonds. The standard InChI is InChI=1S/C14H20N2O2S/c15-11-14(6-9-19(17,18)10-7-14)16-8-5-12-3-1-2-4-13(12)16/h1-4H,5-11,15H2. The van der Waals surface area contributed by atoms with E-state index in [2.05, 4.69) is 23.1 Å². The number of rotatable bonds is 2. The number of benzene rings is 1. The summed E-state index contributed by atoms with van der Waals surface area (Å²) in [5.41, 5.74) is 8.45. The molecule has 1 aromatic carbocycles. The molecule has 5 heteroatoms.